The van der Waals surface area contributed by atoms with Gasteiger partial charge in [-0.25, -0.2) is 4.79 Å². The average Bonchev–Trinajstić information content (AvgIpc) is 3.61. The Bertz CT molecular complexity index is 1150. The SMILES string of the molecule is CCOc1ccc(NC(=O)N(Cc2cc(-c3cc(OC)c(OC)c(OC)c3)on2)CC2CCCO2)cc1. The molecule has 1 atom stereocenters. The molecule has 2 heterocycles. The summed E-state index contributed by atoms with van der Waals surface area (Å²) in [5, 5.41) is 7.17. The molecule has 1 aromatic heterocycles. The van der Waals surface area contributed by atoms with Gasteiger partial charge >= 0.3 is 6.03 Å². The van der Waals surface area contributed by atoms with E-state index in [2.05, 4.69) is 10.5 Å². The van der Waals surface area contributed by atoms with Gasteiger partial charge in [0.2, 0.25) is 5.75 Å². The Hall–Kier alpha value is -3.92. The summed E-state index contributed by atoms with van der Waals surface area (Å²) in [5.74, 6) is 2.76. The number of nitrogens with zero attached hydrogens (tertiary/aromatic N) is 2. The zero-order valence-electron chi connectivity index (χ0n) is 21.6. The zero-order valence-corrected chi connectivity index (χ0v) is 21.6. The van der Waals surface area contributed by atoms with Crippen LogP contribution in [0.3, 0.4) is 0 Å². The van der Waals surface area contributed by atoms with Crippen LogP contribution in [0.25, 0.3) is 11.3 Å². The number of benzene rings is 2. The highest BCUT2D eigenvalue weighted by molar-refractivity contribution is 5.89. The van der Waals surface area contributed by atoms with Crippen LogP contribution in [0.5, 0.6) is 23.0 Å². The van der Waals surface area contributed by atoms with Crippen LogP contribution >= 0.6 is 0 Å². The molecule has 1 saturated heterocycles. The molecule has 1 unspecified atom stereocenters. The number of urea groups is 1. The molecule has 3 aromatic rings. The fourth-order valence-electron chi connectivity index (χ4n) is 4.20. The molecule has 0 saturated carbocycles. The number of hydrogen-bond donors (Lipinski definition) is 1. The summed E-state index contributed by atoms with van der Waals surface area (Å²) in [6.45, 7) is 3.90. The number of carbonyl (C=O) groups is 1. The van der Waals surface area contributed by atoms with E-state index in [9.17, 15) is 4.79 Å². The third-order valence-electron chi connectivity index (χ3n) is 6.01. The number of amides is 2. The van der Waals surface area contributed by atoms with Crippen molar-refractivity contribution in [3.8, 4) is 34.3 Å². The van der Waals surface area contributed by atoms with Crippen molar-refractivity contribution in [3.05, 3.63) is 48.2 Å². The van der Waals surface area contributed by atoms with Gasteiger partial charge in [0.05, 0.1) is 40.6 Å². The number of methoxy groups -OCH3 is 3. The first kappa shape index (κ1) is 26.2. The molecular formula is C27H33N3O7. The Morgan fingerprint density at radius 2 is 1.81 bits per heavy atom. The van der Waals surface area contributed by atoms with E-state index < -0.39 is 0 Å². The van der Waals surface area contributed by atoms with E-state index in [0.717, 1.165) is 18.6 Å². The average molecular weight is 512 g/mol. The Morgan fingerprint density at radius 1 is 1.08 bits per heavy atom. The zero-order chi connectivity index (χ0) is 26.2. The van der Waals surface area contributed by atoms with E-state index in [1.807, 2.05) is 31.2 Å². The van der Waals surface area contributed by atoms with Gasteiger partial charge in [0.15, 0.2) is 17.3 Å². The summed E-state index contributed by atoms with van der Waals surface area (Å²) in [6.07, 6.45) is 1.86. The summed E-state index contributed by atoms with van der Waals surface area (Å²) in [5.41, 5.74) is 1.98. The number of ether oxygens (including phenoxy) is 5. The van der Waals surface area contributed by atoms with Gasteiger partial charge in [0.25, 0.3) is 0 Å². The maximum atomic E-state index is 13.3. The van der Waals surface area contributed by atoms with Gasteiger partial charge in [-0.15, -0.1) is 0 Å². The second kappa shape index (κ2) is 12.4. The molecule has 4 rings (SSSR count). The second-order valence-corrected chi connectivity index (χ2v) is 8.50. The van der Waals surface area contributed by atoms with Crippen LogP contribution in [0.4, 0.5) is 10.5 Å². The summed E-state index contributed by atoms with van der Waals surface area (Å²) in [6, 6.07) is 12.4. The van der Waals surface area contributed by atoms with Crippen LogP contribution < -0.4 is 24.3 Å². The molecule has 1 aliphatic heterocycles. The summed E-state index contributed by atoms with van der Waals surface area (Å²) >= 11 is 0. The Balaban J connectivity index is 1.52. The van der Waals surface area contributed by atoms with E-state index in [0.29, 0.717) is 59.7 Å². The van der Waals surface area contributed by atoms with E-state index in [-0.39, 0.29) is 18.7 Å². The van der Waals surface area contributed by atoms with Crippen LogP contribution in [0.15, 0.2) is 47.0 Å². The maximum absolute atomic E-state index is 13.3. The van der Waals surface area contributed by atoms with Crippen molar-refractivity contribution in [2.45, 2.75) is 32.4 Å². The molecule has 0 bridgehead atoms. The Morgan fingerprint density at radius 3 is 2.41 bits per heavy atom. The molecule has 37 heavy (non-hydrogen) atoms. The third kappa shape index (κ3) is 6.45. The fraction of sp³-hybridized carbons (Fsp3) is 0.407. The number of nitrogens with one attached hydrogen (secondary N) is 1. The number of anilines is 1. The standard InChI is InChI=1S/C27H33N3O7/c1-5-35-21-10-8-19(9-11-21)28-27(31)30(17-22-7-6-12-36-22)16-20-15-23(37-29-20)18-13-24(32-2)26(34-4)25(14-18)33-3/h8-11,13-15,22H,5-7,12,16-17H2,1-4H3,(H,28,31). The largest absolute Gasteiger partial charge is 0.494 e. The number of carbonyl (C=O) groups excluding carboxylic acids is 1. The molecule has 1 N–H and O–H groups in total. The normalized spacial score (nSPS) is 14.8. The van der Waals surface area contributed by atoms with E-state index in [1.54, 1.807) is 44.4 Å². The predicted octanol–water partition coefficient (Wildman–Crippen LogP) is 4.98. The van der Waals surface area contributed by atoms with Gasteiger partial charge in [-0.1, -0.05) is 5.16 Å². The molecule has 1 fully saturated rings. The number of aromatic nitrogens is 1. The van der Waals surface area contributed by atoms with Gasteiger partial charge < -0.3 is 38.4 Å². The molecule has 0 spiro atoms. The van der Waals surface area contributed by atoms with Crippen molar-refractivity contribution in [2.75, 3.05) is 46.4 Å². The quantitative estimate of drug-likeness (QED) is 0.384. The first-order valence-electron chi connectivity index (χ1n) is 12.2. The molecule has 10 nitrogen and oxygen atoms in total. The first-order chi connectivity index (χ1) is 18.0. The minimum absolute atomic E-state index is 0.0208. The highest BCUT2D eigenvalue weighted by Gasteiger charge is 2.25. The van der Waals surface area contributed by atoms with Crippen molar-refractivity contribution < 1.29 is 33.0 Å². The van der Waals surface area contributed by atoms with Crippen LogP contribution in [0.1, 0.15) is 25.5 Å². The van der Waals surface area contributed by atoms with E-state index in [1.165, 1.54) is 0 Å². The van der Waals surface area contributed by atoms with Crippen molar-refractivity contribution in [3.63, 3.8) is 0 Å². The lowest BCUT2D eigenvalue weighted by atomic mass is 10.1. The third-order valence-corrected chi connectivity index (χ3v) is 6.01. The van der Waals surface area contributed by atoms with Gasteiger partial charge in [0, 0.05) is 30.5 Å². The molecule has 2 amide bonds. The Kier molecular flexibility index (Phi) is 8.73. The summed E-state index contributed by atoms with van der Waals surface area (Å²) in [4.78, 5) is 14.9. The lowest BCUT2D eigenvalue weighted by Gasteiger charge is -2.25. The van der Waals surface area contributed by atoms with Crippen molar-refractivity contribution in [2.24, 2.45) is 0 Å². The van der Waals surface area contributed by atoms with Gasteiger partial charge in [-0.2, -0.15) is 0 Å². The predicted molar refractivity (Wildman–Crippen MR) is 138 cm³/mol. The van der Waals surface area contributed by atoms with Crippen LogP contribution in [-0.2, 0) is 11.3 Å². The van der Waals surface area contributed by atoms with Crippen molar-refractivity contribution in [1.82, 2.24) is 10.1 Å². The second-order valence-electron chi connectivity index (χ2n) is 8.50. The number of rotatable bonds is 11. The lowest BCUT2D eigenvalue weighted by Crippen LogP contribution is -2.39. The molecule has 2 aromatic carbocycles. The minimum atomic E-state index is -0.253. The van der Waals surface area contributed by atoms with E-state index >= 15 is 0 Å². The summed E-state index contributed by atoms with van der Waals surface area (Å²) < 4.78 is 33.2. The molecule has 1 aliphatic rings. The molecule has 0 radical (unpaired) electrons. The van der Waals surface area contributed by atoms with Gasteiger partial charge in [-0.05, 0) is 56.2 Å². The van der Waals surface area contributed by atoms with Crippen molar-refractivity contribution >= 4 is 11.7 Å². The van der Waals surface area contributed by atoms with Gasteiger partial charge in [0.1, 0.15) is 11.4 Å². The fourth-order valence-corrected chi connectivity index (χ4v) is 4.20. The van der Waals surface area contributed by atoms with Crippen LogP contribution in [-0.4, -0.2) is 63.3 Å². The maximum Gasteiger partial charge on any atom is 0.322 e. The number of hydrogen-bond acceptors (Lipinski definition) is 8. The van der Waals surface area contributed by atoms with Crippen LogP contribution in [0.2, 0.25) is 0 Å². The molecular weight excluding hydrogens is 478 g/mol. The van der Waals surface area contributed by atoms with E-state index in [4.69, 9.17) is 28.2 Å². The van der Waals surface area contributed by atoms with Crippen molar-refractivity contribution in [1.29, 1.82) is 0 Å². The Labute approximate surface area is 216 Å². The van der Waals surface area contributed by atoms with Crippen LogP contribution in [0, 0.1) is 0 Å². The monoisotopic (exact) mass is 511 g/mol. The molecule has 198 valence electrons. The first-order valence-corrected chi connectivity index (χ1v) is 12.2. The minimum Gasteiger partial charge on any atom is -0.494 e. The molecule has 0 aliphatic carbocycles. The molecule has 10 heteroatoms. The highest BCUT2D eigenvalue weighted by Crippen LogP contribution is 2.41. The summed E-state index contributed by atoms with van der Waals surface area (Å²) in [7, 11) is 4.66. The smallest absolute Gasteiger partial charge is 0.322 e. The van der Waals surface area contributed by atoms with Gasteiger partial charge in [-0.3, -0.25) is 0 Å². The lowest BCUT2D eigenvalue weighted by molar-refractivity contribution is 0.0814. The highest BCUT2D eigenvalue weighted by atomic mass is 16.5. The topological polar surface area (TPSA) is 105 Å².